The number of carbonyl (C=O) groups is 2. The maximum absolute atomic E-state index is 12.3. The molecule has 6 nitrogen and oxygen atoms in total. The summed E-state index contributed by atoms with van der Waals surface area (Å²) >= 11 is 0. The Bertz CT molecular complexity index is 1010. The third-order valence-electron chi connectivity index (χ3n) is 5.28. The van der Waals surface area contributed by atoms with E-state index in [1.54, 1.807) is 25.3 Å². The summed E-state index contributed by atoms with van der Waals surface area (Å²) in [7, 11) is 0. The number of ether oxygens (including phenoxy) is 1. The molecule has 0 spiro atoms. The zero-order valence-corrected chi connectivity index (χ0v) is 16.8. The maximum Gasteiger partial charge on any atom is 0.258 e. The molecule has 154 valence electrons. The van der Waals surface area contributed by atoms with Gasteiger partial charge in [-0.15, -0.1) is 0 Å². The van der Waals surface area contributed by atoms with Gasteiger partial charge in [-0.05, 0) is 47.4 Å². The smallest absolute Gasteiger partial charge is 0.258 e. The number of nitrogens with zero attached hydrogens (tertiary/aromatic N) is 1. The van der Waals surface area contributed by atoms with Gasteiger partial charge in [-0.2, -0.15) is 0 Å². The third kappa shape index (κ3) is 4.38. The van der Waals surface area contributed by atoms with Gasteiger partial charge in [0.05, 0.1) is 18.8 Å². The van der Waals surface area contributed by atoms with Crippen LogP contribution in [-0.2, 0) is 22.6 Å². The molecule has 1 aliphatic heterocycles. The van der Waals surface area contributed by atoms with Crippen molar-refractivity contribution in [2.24, 2.45) is 0 Å². The first-order valence-electron chi connectivity index (χ1n) is 9.98. The van der Waals surface area contributed by atoms with E-state index in [4.69, 9.17) is 9.15 Å². The fourth-order valence-corrected chi connectivity index (χ4v) is 3.82. The van der Waals surface area contributed by atoms with Crippen LogP contribution in [0.15, 0.2) is 71.3 Å². The Kier molecular flexibility index (Phi) is 5.84. The van der Waals surface area contributed by atoms with Gasteiger partial charge < -0.3 is 19.4 Å². The minimum absolute atomic E-state index is 0.0399. The Morgan fingerprint density at radius 3 is 2.70 bits per heavy atom. The first-order chi connectivity index (χ1) is 14.6. The highest BCUT2D eigenvalue weighted by Gasteiger charge is 2.30. The van der Waals surface area contributed by atoms with Crippen LogP contribution in [0.4, 0.5) is 0 Å². The average Bonchev–Trinajstić information content (AvgIpc) is 3.29. The molecule has 0 fully saturated rings. The van der Waals surface area contributed by atoms with Gasteiger partial charge in [0.25, 0.3) is 5.91 Å². The van der Waals surface area contributed by atoms with Crippen molar-refractivity contribution in [3.8, 4) is 5.75 Å². The van der Waals surface area contributed by atoms with Gasteiger partial charge in [0.2, 0.25) is 5.91 Å². The van der Waals surface area contributed by atoms with Gasteiger partial charge in [0.15, 0.2) is 6.61 Å². The number of rotatable bonds is 6. The lowest BCUT2D eigenvalue weighted by atomic mass is 9.88. The number of furan rings is 1. The van der Waals surface area contributed by atoms with E-state index >= 15 is 0 Å². The molecule has 1 aromatic heterocycles. The monoisotopic (exact) mass is 404 g/mol. The van der Waals surface area contributed by atoms with Crippen LogP contribution >= 0.6 is 0 Å². The van der Waals surface area contributed by atoms with Gasteiger partial charge >= 0.3 is 0 Å². The molecule has 0 radical (unpaired) electrons. The summed E-state index contributed by atoms with van der Waals surface area (Å²) in [6, 6.07) is 19.3. The standard InChI is InChI=1S/C24H24N2O4/c1-17(27)26-12-11-18-9-10-20(14-22(18)24(26)19-6-3-2-4-7-19)30-16-23(28)25-15-21-8-5-13-29-21/h2-10,13-14,24H,11-12,15-16H2,1H3,(H,25,28). The number of fused-ring (bicyclic) bond motifs is 1. The Labute approximate surface area is 175 Å². The molecule has 1 unspecified atom stereocenters. The van der Waals surface area contributed by atoms with Crippen molar-refractivity contribution in [1.29, 1.82) is 0 Å². The summed E-state index contributed by atoms with van der Waals surface area (Å²) in [6.45, 7) is 2.51. The molecule has 6 heteroatoms. The topological polar surface area (TPSA) is 71.8 Å². The van der Waals surface area contributed by atoms with Crippen molar-refractivity contribution in [1.82, 2.24) is 10.2 Å². The molecule has 1 N–H and O–H groups in total. The maximum atomic E-state index is 12.3. The van der Waals surface area contributed by atoms with Crippen LogP contribution in [0.5, 0.6) is 5.75 Å². The summed E-state index contributed by atoms with van der Waals surface area (Å²) in [5.41, 5.74) is 3.29. The normalized spacial score (nSPS) is 15.4. The summed E-state index contributed by atoms with van der Waals surface area (Å²) in [5.74, 6) is 1.10. The highest BCUT2D eigenvalue weighted by Crippen LogP contribution is 2.37. The van der Waals surface area contributed by atoms with Gasteiger partial charge in [0.1, 0.15) is 11.5 Å². The van der Waals surface area contributed by atoms with Crippen molar-refractivity contribution in [2.45, 2.75) is 25.9 Å². The number of amides is 2. The minimum atomic E-state index is -0.228. The Hall–Kier alpha value is -3.54. The van der Waals surface area contributed by atoms with E-state index in [0.717, 1.165) is 17.5 Å². The Morgan fingerprint density at radius 2 is 1.97 bits per heavy atom. The molecule has 2 amide bonds. The number of hydrogen-bond donors (Lipinski definition) is 1. The largest absolute Gasteiger partial charge is 0.484 e. The predicted octanol–water partition coefficient (Wildman–Crippen LogP) is 3.47. The van der Waals surface area contributed by atoms with Crippen LogP contribution in [-0.4, -0.2) is 29.9 Å². The molecule has 4 rings (SSSR count). The molecule has 0 bridgehead atoms. The average molecular weight is 404 g/mol. The molecule has 30 heavy (non-hydrogen) atoms. The van der Waals surface area contributed by atoms with Crippen molar-refractivity contribution < 1.29 is 18.7 Å². The summed E-state index contributed by atoms with van der Waals surface area (Å²) < 4.78 is 10.9. The minimum Gasteiger partial charge on any atom is -0.484 e. The lowest BCUT2D eigenvalue weighted by molar-refractivity contribution is -0.130. The fourth-order valence-electron chi connectivity index (χ4n) is 3.82. The highest BCUT2D eigenvalue weighted by atomic mass is 16.5. The Morgan fingerprint density at radius 1 is 1.13 bits per heavy atom. The van der Waals surface area contributed by atoms with Crippen molar-refractivity contribution in [3.05, 3.63) is 89.4 Å². The van der Waals surface area contributed by atoms with Crippen LogP contribution in [0.1, 0.15) is 35.4 Å². The second-order valence-corrected chi connectivity index (χ2v) is 7.28. The molecule has 1 atom stereocenters. The zero-order chi connectivity index (χ0) is 20.9. The molecule has 2 aromatic carbocycles. The van der Waals surface area contributed by atoms with Gasteiger partial charge in [0, 0.05) is 13.5 Å². The molecule has 0 saturated heterocycles. The quantitative estimate of drug-likeness (QED) is 0.683. The van der Waals surface area contributed by atoms with Crippen molar-refractivity contribution >= 4 is 11.8 Å². The van der Waals surface area contributed by atoms with Gasteiger partial charge in [-0.25, -0.2) is 0 Å². The molecule has 0 saturated carbocycles. The highest BCUT2D eigenvalue weighted by molar-refractivity contribution is 5.77. The van der Waals surface area contributed by atoms with Gasteiger partial charge in [-0.3, -0.25) is 9.59 Å². The van der Waals surface area contributed by atoms with Crippen LogP contribution in [0.3, 0.4) is 0 Å². The lowest BCUT2D eigenvalue weighted by Crippen LogP contribution is -2.39. The predicted molar refractivity (Wildman–Crippen MR) is 112 cm³/mol. The van der Waals surface area contributed by atoms with Crippen LogP contribution in [0.2, 0.25) is 0 Å². The van der Waals surface area contributed by atoms with Gasteiger partial charge in [-0.1, -0.05) is 36.4 Å². The third-order valence-corrected chi connectivity index (χ3v) is 5.28. The first-order valence-corrected chi connectivity index (χ1v) is 9.98. The van der Waals surface area contributed by atoms with Crippen LogP contribution in [0.25, 0.3) is 0 Å². The zero-order valence-electron chi connectivity index (χ0n) is 16.8. The molecular formula is C24H24N2O4. The molecule has 2 heterocycles. The number of nitrogens with one attached hydrogen (secondary N) is 1. The van der Waals surface area contributed by atoms with Crippen LogP contribution < -0.4 is 10.1 Å². The van der Waals surface area contributed by atoms with E-state index in [1.807, 2.05) is 53.4 Å². The summed E-state index contributed by atoms with van der Waals surface area (Å²) in [5, 5.41) is 2.76. The van der Waals surface area contributed by atoms with Crippen molar-refractivity contribution in [3.63, 3.8) is 0 Å². The molecular weight excluding hydrogens is 380 g/mol. The molecule has 3 aromatic rings. The van der Waals surface area contributed by atoms with E-state index in [1.165, 1.54) is 5.56 Å². The fraction of sp³-hybridized carbons (Fsp3) is 0.250. The van der Waals surface area contributed by atoms with E-state index in [0.29, 0.717) is 24.6 Å². The van der Waals surface area contributed by atoms with E-state index in [9.17, 15) is 9.59 Å². The summed E-state index contributed by atoms with van der Waals surface area (Å²) in [6.07, 6.45) is 2.36. The SMILES string of the molecule is CC(=O)N1CCc2ccc(OCC(=O)NCc3ccco3)cc2C1c1ccccc1. The lowest BCUT2D eigenvalue weighted by Gasteiger charge is -2.37. The Balaban J connectivity index is 1.50. The second-order valence-electron chi connectivity index (χ2n) is 7.28. The first kappa shape index (κ1) is 19.8. The van der Waals surface area contributed by atoms with E-state index in [2.05, 4.69) is 5.32 Å². The number of benzene rings is 2. The van der Waals surface area contributed by atoms with Crippen LogP contribution in [0, 0.1) is 0 Å². The molecule has 0 aliphatic carbocycles. The van der Waals surface area contributed by atoms with E-state index < -0.39 is 0 Å². The number of carbonyl (C=O) groups excluding carboxylic acids is 2. The van der Waals surface area contributed by atoms with E-state index in [-0.39, 0.29) is 24.5 Å². The molecule has 1 aliphatic rings. The van der Waals surface area contributed by atoms with Crippen molar-refractivity contribution in [2.75, 3.05) is 13.2 Å². The number of hydrogen-bond acceptors (Lipinski definition) is 4. The second kappa shape index (κ2) is 8.86. The summed E-state index contributed by atoms with van der Waals surface area (Å²) in [4.78, 5) is 26.3.